The molecule has 186 valence electrons. The van der Waals surface area contributed by atoms with Crippen molar-refractivity contribution in [3.8, 4) is 0 Å². The molecular formula is C19H30N4O9S. The largest absolute Gasteiger partial charge is 0.481 e. The number of amides is 3. The Morgan fingerprint density at radius 2 is 1.70 bits per heavy atom. The van der Waals surface area contributed by atoms with Crippen molar-refractivity contribution in [3.63, 3.8) is 0 Å². The van der Waals surface area contributed by atoms with Gasteiger partial charge in [0.15, 0.2) is 0 Å². The number of carbonyl (C=O) groups is 6. The maximum atomic E-state index is 12.9. The molecule has 7 N–H and O–H groups in total. The fourth-order valence-electron chi connectivity index (χ4n) is 3.36. The van der Waals surface area contributed by atoms with E-state index in [1.807, 2.05) is 0 Å². The standard InChI is InChI=1S/C19H30N4O9S/c1-33-8-6-11(16(28)22-12(19(31)32)4-5-14(24)25)21-17(29)13-3-2-7-23(13)18(30)10(20)9-15(26)27/h10-13H,2-9,20H2,1H3,(H,21,29)(H,22,28)(H,24,25)(H,26,27)(H,31,32). The number of nitrogens with one attached hydrogen (secondary N) is 2. The Labute approximate surface area is 194 Å². The molecule has 0 aromatic heterocycles. The van der Waals surface area contributed by atoms with E-state index in [0.717, 1.165) is 0 Å². The Bertz CT molecular complexity index is 764. The fraction of sp³-hybridized carbons (Fsp3) is 0.684. The van der Waals surface area contributed by atoms with Crippen LogP contribution in [0.5, 0.6) is 0 Å². The third-order valence-electron chi connectivity index (χ3n) is 5.06. The fourth-order valence-corrected chi connectivity index (χ4v) is 3.83. The molecule has 1 aliphatic rings. The quantitative estimate of drug-likeness (QED) is 0.164. The highest BCUT2D eigenvalue weighted by molar-refractivity contribution is 7.98. The van der Waals surface area contributed by atoms with Crippen LogP contribution in [0.2, 0.25) is 0 Å². The van der Waals surface area contributed by atoms with Crippen LogP contribution in [0.15, 0.2) is 0 Å². The van der Waals surface area contributed by atoms with Gasteiger partial charge >= 0.3 is 17.9 Å². The van der Waals surface area contributed by atoms with Gasteiger partial charge in [-0.3, -0.25) is 24.0 Å². The molecule has 3 amide bonds. The van der Waals surface area contributed by atoms with E-state index in [-0.39, 0.29) is 19.4 Å². The maximum absolute atomic E-state index is 12.9. The molecule has 0 radical (unpaired) electrons. The number of rotatable bonds is 14. The highest BCUT2D eigenvalue weighted by Gasteiger charge is 2.38. The SMILES string of the molecule is CSCCC(NC(=O)C1CCCN1C(=O)C(N)CC(=O)O)C(=O)NC(CCC(=O)O)C(=O)O. The smallest absolute Gasteiger partial charge is 0.326 e. The van der Waals surface area contributed by atoms with Crippen molar-refractivity contribution in [2.24, 2.45) is 5.73 Å². The number of nitrogens with zero attached hydrogens (tertiary/aromatic N) is 1. The molecule has 0 saturated carbocycles. The summed E-state index contributed by atoms with van der Waals surface area (Å²) in [6.07, 6.45) is 1.36. The lowest BCUT2D eigenvalue weighted by atomic mass is 10.1. The monoisotopic (exact) mass is 490 g/mol. The molecule has 1 fully saturated rings. The van der Waals surface area contributed by atoms with E-state index in [9.17, 15) is 33.9 Å². The van der Waals surface area contributed by atoms with Crippen LogP contribution in [-0.2, 0) is 28.8 Å². The number of hydrogen-bond donors (Lipinski definition) is 6. The van der Waals surface area contributed by atoms with Crippen molar-refractivity contribution >= 4 is 47.4 Å². The molecule has 4 atom stereocenters. The van der Waals surface area contributed by atoms with E-state index in [2.05, 4.69) is 10.6 Å². The van der Waals surface area contributed by atoms with Crippen LogP contribution < -0.4 is 16.4 Å². The second-order valence-corrected chi connectivity index (χ2v) is 8.55. The van der Waals surface area contributed by atoms with Crippen LogP contribution in [0.3, 0.4) is 0 Å². The van der Waals surface area contributed by atoms with Crippen LogP contribution in [0.1, 0.15) is 38.5 Å². The summed E-state index contributed by atoms with van der Waals surface area (Å²) in [5.41, 5.74) is 5.64. The number of aliphatic carboxylic acids is 3. The first-order valence-electron chi connectivity index (χ1n) is 10.3. The van der Waals surface area contributed by atoms with Crippen molar-refractivity contribution in [1.29, 1.82) is 0 Å². The molecule has 0 bridgehead atoms. The summed E-state index contributed by atoms with van der Waals surface area (Å²) in [6, 6.07) is -4.80. The Morgan fingerprint density at radius 3 is 2.24 bits per heavy atom. The van der Waals surface area contributed by atoms with Gasteiger partial charge in [0.25, 0.3) is 0 Å². The average molecular weight is 491 g/mol. The third-order valence-corrected chi connectivity index (χ3v) is 5.70. The van der Waals surface area contributed by atoms with E-state index in [4.69, 9.17) is 15.9 Å². The summed E-state index contributed by atoms with van der Waals surface area (Å²) in [5, 5.41) is 31.7. The van der Waals surface area contributed by atoms with Gasteiger partial charge in [-0.25, -0.2) is 4.79 Å². The molecule has 0 aromatic rings. The van der Waals surface area contributed by atoms with Gasteiger partial charge in [-0.2, -0.15) is 11.8 Å². The predicted octanol–water partition coefficient (Wildman–Crippen LogP) is -1.55. The van der Waals surface area contributed by atoms with Crippen molar-refractivity contribution < 1.29 is 44.1 Å². The first-order chi connectivity index (χ1) is 15.5. The van der Waals surface area contributed by atoms with Crippen LogP contribution in [0.4, 0.5) is 0 Å². The summed E-state index contributed by atoms with van der Waals surface area (Å²) in [7, 11) is 0. The molecule has 1 heterocycles. The highest BCUT2D eigenvalue weighted by Crippen LogP contribution is 2.19. The van der Waals surface area contributed by atoms with Crippen LogP contribution in [0, 0.1) is 0 Å². The second-order valence-electron chi connectivity index (χ2n) is 7.57. The molecule has 33 heavy (non-hydrogen) atoms. The van der Waals surface area contributed by atoms with Gasteiger partial charge in [-0.15, -0.1) is 0 Å². The molecular weight excluding hydrogens is 460 g/mol. The number of thioether (sulfide) groups is 1. The minimum atomic E-state index is -1.44. The van der Waals surface area contributed by atoms with Gasteiger partial charge in [-0.05, 0) is 37.7 Å². The van der Waals surface area contributed by atoms with Gasteiger partial charge in [0.05, 0.1) is 12.5 Å². The maximum Gasteiger partial charge on any atom is 0.326 e. The molecule has 4 unspecified atom stereocenters. The Kier molecular flexibility index (Phi) is 11.6. The molecule has 14 heteroatoms. The summed E-state index contributed by atoms with van der Waals surface area (Å²) in [5.74, 6) is -5.51. The minimum Gasteiger partial charge on any atom is -0.481 e. The zero-order valence-electron chi connectivity index (χ0n) is 18.2. The Morgan fingerprint density at radius 1 is 1.03 bits per heavy atom. The summed E-state index contributed by atoms with van der Waals surface area (Å²) >= 11 is 1.40. The Balaban J connectivity index is 2.89. The number of hydrogen-bond acceptors (Lipinski definition) is 8. The van der Waals surface area contributed by atoms with Gasteiger partial charge < -0.3 is 36.6 Å². The molecule has 13 nitrogen and oxygen atoms in total. The van der Waals surface area contributed by atoms with E-state index < -0.39 is 72.6 Å². The first-order valence-corrected chi connectivity index (χ1v) is 11.7. The number of carboxylic acids is 3. The normalized spacial score (nSPS) is 18.1. The van der Waals surface area contributed by atoms with E-state index in [1.165, 1.54) is 16.7 Å². The number of likely N-dealkylation sites (tertiary alicyclic amines) is 1. The van der Waals surface area contributed by atoms with Crippen molar-refractivity contribution in [1.82, 2.24) is 15.5 Å². The van der Waals surface area contributed by atoms with Gasteiger partial charge in [-0.1, -0.05) is 0 Å². The van der Waals surface area contributed by atoms with Crippen molar-refractivity contribution in [2.75, 3.05) is 18.6 Å². The highest BCUT2D eigenvalue weighted by atomic mass is 32.2. The van der Waals surface area contributed by atoms with Crippen LogP contribution in [0.25, 0.3) is 0 Å². The summed E-state index contributed by atoms with van der Waals surface area (Å²) < 4.78 is 0. The zero-order chi connectivity index (χ0) is 25.1. The second kappa shape index (κ2) is 13.6. The lowest BCUT2D eigenvalue weighted by Gasteiger charge is -2.28. The first kappa shape index (κ1) is 28.2. The van der Waals surface area contributed by atoms with E-state index in [0.29, 0.717) is 18.6 Å². The molecule has 1 saturated heterocycles. The third kappa shape index (κ3) is 9.26. The summed E-state index contributed by atoms with van der Waals surface area (Å²) in [4.78, 5) is 72.2. The van der Waals surface area contributed by atoms with Gasteiger partial charge in [0, 0.05) is 13.0 Å². The minimum absolute atomic E-state index is 0.170. The molecule has 1 rings (SSSR count). The number of nitrogens with two attached hydrogens (primary N) is 1. The topological polar surface area (TPSA) is 216 Å². The average Bonchev–Trinajstić information content (AvgIpc) is 3.22. The van der Waals surface area contributed by atoms with Crippen molar-refractivity contribution in [3.05, 3.63) is 0 Å². The number of carbonyl (C=O) groups excluding carboxylic acids is 3. The molecule has 0 aliphatic carbocycles. The molecule has 1 aliphatic heterocycles. The van der Waals surface area contributed by atoms with E-state index in [1.54, 1.807) is 6.26 Å². The van der Waals surface area contributed by atoms with Crippen molar-refractivity contribution in [2.45, 2.75) is 62.7 Å². The Hall–Kier alpha value is -2.87. The molecule has 0 spiro atoms. The number of carboxylic acid groups (broad SMARTS) is 3. The summed E-state index contributed by atoms with van der Waals surface area (Å²) in [6.45, 7) is 0.211. The lowest BCUT2D eigenvalue weighted by Crippen LogP contribution is -2.56. The molecule has 0 aromatic carbocycles. The lowest BCUT2D eigenvalue weighted by molar-refractivity contribution is -0.144. The van der Waals surface area contributed by atoms with Crippen LogP contribution >= 0.6 is 11.8 Å². The predicted molar refractivity (Wildman–Crippen MR) is 116 cm³/mol. The van der Waals surface area contributed by atoms with E-state index >= 15 is 0 Å². The van der Waals surface area contributed by atoms with Gasteiger partial charge in [0.2, 0.25) is 17.7 Å². The van der Waals surface area contributed by atoms with Crippen LogP contribution in [-0.4, -0.2) is 98.6 Å². The van der Waals surface area contributed by atoms with Gasteiger partial charge in [0.1, 0.15) is 18.1 Å². The zero-order valence-corrected chi connectivity index (χ0v) is 19.0.